The lowest BCUT2D eigenvalue weighted by atomic mass is 9.98. The highest BCUT2D eigenvalue weighted by molar-refractivity contribution is 6.13. The smallest absolute Gasteiger partial charge is 0.338 e. The second-order valence-electron chi connectivity index (χ2n) is 4.99. The van der Waals surface area contributed by atoms with Crippen molar-refractivity contribution < 1.29 is 13.9 Å². The first-order valence-electron chi connectivity index (χ1n) is 6.88. The second kappa shape index (κ2) is 5.15. The molecule has 4 nitrogen and oxygen atoms in total. The van der Waals surface area contributed by atoms with E-state index in [-0.39, 0.29) is 12.4 Å². The van der Waals surface area contributed by atoms with Gasteiger partial charge in [0.15, 0.2) is 0 Å². The number of nitrogens with zero attached hydrogens (tertiary/aromatic N) is 1. The van der Waals surface area contributed by atoms with Crippen LogP contribution in [0.4, 0.5) is 4.39 Å². The van der Waals surface area contributed by atoms with Crippen LogP contribution in [-0.4, -0.2) is 17.6 Å². The van der Waals surface area contributed by atoms with Crippen LogP contribution in [0.15, 0.2) is 24.3 Å². The van der Waals surface area contributed by atoms with Crippen molar-refractivity contribution in [3.63, 3.8) is 0 Å². The molecule has 0 bridgehead atoms. The van der Waals surface area contributed by atoms with Crippen molar-refractivity contribution >= 4 is 27.8 Å². The Bertz CT molecular complexity index is 951. The van der Waals surface area contributed by atoms with Gasteiger partial charge in [0.2, 0.25) is 0 Å². The minimum atomic E-state index is -0.482. The molecule has 0 aliphatic carbocycles. The molecule has 3 rings (SSSR count). The van der Waals surface area contributed by atoms with Crippen LogP contribution in [-0.2, 0) is 4.74 Å². The lowest BCUT2D eigenvalue weighted by molar-refractivity contribution is 0.0525. The van der Waals surface area contributed by atoms with Gasteiger partial charge in [0, 0.05) is 16.3 Å². The maximum Gasteiger partial charge on any atom is 0.338 e. The maximum absolute atomic E-state index is 13.6. The first-order valence-corrected chi connectivity index (χ1v) is 6.88. The molecule has 3 aromatic rings. The summed E-state index contributed by atoms with van der Waals surface area (Å²) in [6.07, 6.45) is 0. The Balaban J connectivity index is 2.44. The quantitative estimate of drug-likeness (QED) is 0.731. The number of benzene rings is 2. The van der Waals surface area contributed by atoms with E-state index in [4.69, 9.17) is 4.74 Å². The molecule has 1 N–H and O–H groups in total. The van der Waals surface area contributed by atoms with Crippen molar-refractivity contribution in [3.05, 3.63) is 46.8 Å². The molecule has 0 saturated heterocycles. The van der Waals surface area contributed by atoms with Crippen LogP contribution in [0.25, 0.3) is 21.8 Å². The first kappa shape index (κ1) is 14.1. The number of rotatable bonds is 2. The zero-order chi connectivity index (χ0) is 15.9. The molecule has 0 aliphatic heterocycles. The van der Waals surface area contributed by atoms with E-state index >= 15 is 0 Å². The molecule has 5 heteroatoms. The summed E-state index contributed by atoms with van der Waals surface area (Å²) < 4.78 is 18.6. The highest BCUT2D eigenvalue weighted by atomic mass is 19.1. The topological polar surface area (TPSA) is 65.9 Å². The third kappa shape index (κ3) is 2.01. The Morgan fingerprint density at radius 2 is 2.18 bits per heavy atom. The van der Waals surface area contributed by atoms with Crippen LogP contribution in [0.1, 0.15) is 28.4 Å². The number of ether oxygens (including phenoxy) is 1. The van der Waals surface area contributed by atoms with Gasteiger partial charge in [-0.05, 0) is 43.7 Å². The zero-order valence-corrected chi connectivity index (χ0v) is 12.2. The summed E-state index contributed by atoms with van der Waals surface area (Å²) in [6.45, 7) is 3.74. The highest BCUT2D eigenvalue weighted by Gasteiger charge is 2.19. The number of esters is 1. The molecule has 1 aromatic heterocycles. The third-order valence-corrected chi connectivity index (χ3v) is 3.71. The Hall–Kier alpha value is -2.87. The molecule has 0 saturated carbocycles. The number of hydrogen-bond donors (Lipinski definition) is 1. The summed E-state index contributed by atoms with van der Waals surface area (Å²) in [5.41, 5.74) is 2.66. The van der Waals surface area contributed by atoms with Crippen LogP contribution in [0, 0.1) is 24.1 Å². The van der Waals surface area contributed by atoms with E-state index in [2.05, 4.69) is 11.1 Å². The Labute approximate surface area is 126 Å². The van der Waals surface area contributed by atoms with Crippen molar-refractivity contribution in [2.24, 2.45) is 0 Å². The monoisotopic (exact) mass is 296 g/mol. The minimum Gasteiger partial charge on any atom is -0.462 e. The van der Waals surface area contributed by atoms with Crippen LogP contribution in [0.2, 0.25) is 0 Å². The number of carbonyl (C=O) groups is 1. The zero-order valence-electron chi connectivity index (χ0n) is 12.2. The molecule has 1 heterocycles. The van der Waals surface area contributed by atoms with Gasteiger partial charge < -0.3 is 9.72 Å². The number of hydrogen-bond acceptors (Lipinski definition) is 3. The van der Waals surface area contributed by atoms with Crippen molar-refractivity contribution in [2.75, 3.05) is 6.61 Å². The van der Waals surface area contributed by atoms with E-state index < -0.39 is 5.97 Å². The van der Waals surface area contributed by atoms with Gasteiger partial charge in [0.1, 0.15) is 11.9 Å². The second-order valence-corrected chi connectivity index (χ2v) is 4.99. The largest absolute Gasteiger partial charge is 0.462 e. The average Bonchev–Trinajstić information content (AvgIpc) is 2.87. The van der Waals surface area contributed by atoms with Gasteiger partial charge >= 0.3 is 5.97 Å². The maximum atomic E-state index is 13.6. The number of halogens is 1. The molecule has 0 amide bonds. The standard InChI is InChI=1S/C17H13FN2O2/c1-3-22-17(21)12-6-10(8-19)16-15(9(12)2)13-7-11(18)4-5-14(13)20-16/h4-7,20H,3H2,1-2H3. The number of fused-ring (bicyclic) bond motifs is 3. The Morgan fingerprint density at radius 3 is 2.86 bits per heavy atom. The highest BCUT2D eigenvalue weighted by Crippen LogP contribution is 2.33. The number of aromatic nitrogens is 1. The van der Waals surface area contributed by atoms with Crippen LogP contribution >= 0.6 is 0 Å². The molecular formula is C17H13FN2O2. The normalized spacial score (nSPS) is 10.8. The Morgan fingerprint density at radius 1 is 1.41 bits per heavy atom. The van der Waals surface area contributed by atoms with Gasteiger partial charge in [-0.15, -0.1) is 0 Å². The van der Waals surface area contributed by atoms with E-state index in [1.54, 1.807) is 19.9 Å². The fourth-order valence-corrected chi connectivity index (χ4v) is 2.72. The summed E-state index contributed by atoms with van der Waals surface area (Å²) >= 11 is 0. The predicted molar refractivity (Wildman–Crippen MR) is 81.2 cm³/mol. The minimum absolute atomic E-state index is 0.251. The van der Waals surface area contributed by atoms with Gasteiger partial charge in [0.05, 0.1) is 23.3 Å². The van der Waals surface area contributed by atoms with E-state index in [1.165, 1.54) is 18.2 Å². The van der Waals surface area contributed by atoms with Crippen molar-refractivity contribution in [1.29, 1.82) is 5.26 Å². The average molecular weight is 296 g/mol. The van der Waals surface area contributed by atoms with Crippen molar-refractivity contribution in [3.8, 4) is 6.07 Å². The fraction of sp³-hybridized carbons (Fsp3) is 0.176. The number of nitrogens with one attached hydrogen (secondary N) is 1. The van der Waals surface area contributed by atoms with Gasteiger partial charge in [0.25, 0.3) is 0 Å². The predicted octanol–water partition coefficient (Wildman–Crippen LogP) is 3.82. The molecule has 0 atom stereocenters. The lowest BCUT2D eigenvalue weighted by Gasteiger charge is -2.08. The number of H-pyrrole nitrogens is 1. The molecule has 110 valence electrons. The number of carbonyl (C=O) groups excluding carboxylic acids is 1. The summed E-state index contributed by atoms with van der Waals surface area (Å²) in [5.74, 6) is -0.850. The molecular weight excluding hydrogens is 283 g/mol. The van der Waals surface area contributed by atoms with Crippen LogP contribution in [0.5, 0.6) is 0 Å². The van der Waals surface area contributed by atoms with Crippen LogP contribution < -0.4 is 0 Å². The lowest BCUT2D eigenvalue weighted by Crippen LogP contribution is -2.07. The van der Waals surface area contributed by atoms with E-state index in [9.17, 15) is 14.4 Å². The van der Waals surface area contributed by atoms with Crippen molar-refractivity contribution in [2.45, 2.75) is 13.8 Å². The van der Waals surface area contributed by atoms with Gasteiger partial charge in [-0.2, -0.15) is 5.26 Å². The summed E-state index contributed by atoms with van der Waals surface area (Å²) in [6, 6.07) is 7.97. The fourth-order valence-electron chi connectivity index (χ4n) is 2.72. The molecule has 0 spiro atoms. The number of nitriles is 1. The molecule has 2 aromatic carbocycles. The van der Waals surface area contributed by atoms with E-state index in [0.717, 1.165) is 5.52 Å². The SMILES string of the molecule is CCOC(=O)c1cc(C#N)c2[nH]c3ccc(F)cc3c2c1C. The van der Waals surface area contributed by atoms with Crippen molar-refractivity contribution in [1.82, 2.24) is 4.98 Å². The molecule has 0 unspecified atom stereocenters. The molecule has 0 fully saturated rings. The number of aryl methyl sites for hydroxylation is 1. The summed E-state index contributed by atoms with van der Waals surface area (Å²) in [4.78, 5) is 15.2. The molecule has 0 radical (unpaired) electrons. The van der Waals surface area contributed by atoms with E-state index in [0.29, 0.717) is 33.0 Å². The third-order valence-electron chi connectivity index (χ3n) is 3.71. The summed E-state index contributed by atoms with van der Waals surface area (Å²) in [5, 5.41) is 10.7. The molecule has 22 heavy (non-hydrogen) atoms. The van der Waals surface area contributed by atoms with Gasteiger partial charge in [-0.1, -0.05) is 0 Å². The van der Waals surface area contributed by atoms with Gasteiger partial charge in [-0.3, -0.25) is 0 Å². The molecule has 0 aliphatic rings. The first-order chi connectivity index (χ1) is 10.6. The van der Waals surface area contributed by atoms with Crippen LogP contribution in [0.3, 0.4) is 0 Å². The van der Waals surface area contributed by atoms with E-state index in [1.807, 2.05) is 0 Å². The number of aromatic amines is 1. The van der Waals surface area contributed by atoms with Gasteiger partial charge in [-0.25, -0.2) is 9.18 Å². The Kier molecular flexibility index (Phi) is 3.30. The summed E-state index contributed by atoms with van der Waals surface area (Å²) in [7, 11) is 0.